The van der Waals surface area contributed by atoms with Crippen molar-refractivity contribution in [3.63, 3.8) is 0 Å². The molecular weight excluding hydrogens is 338 g/mol. The number of unbranched alkanes of at least 4 members (excludes halogenated alkanes) is 1. The van der Waals surface area contributed by atoms with E-state index in [4.69, 9.17) is 11.6 Å². The summed E-state index contributed by atoms with van der Waals surface area (Å²) in [6.45, 7) is 3.06. The van der Waals surface area contributed by atoms with Crippen molar-refractivity contribution in [1.29, 1.82) is 0 Å². The molecule has 1 N–H and O–H groups in total. The van der Waals surface area contributed by atoms with Gasteiger partial charge in [-0.2, -0.15) is 0 Å². The fourth-order valence-electron chi connectivity index (χ4n) is 2.31. The number of carbonyl (C=O) groups is 2. The average Bonchev–Trinajstić information content (AvgIpc) is 2.64. The molecule has 1 aromatic carbocycles. The standard InChI is InChI=1S/C19H22ClN3O2/c1-3-4-11-23(2)19(25)14-9-10-21-17(12-14)18(24)22-13-15-7-5-6-8-16(15)20/h5-10,12H,3-4,11,13H2,1-2H3,(H,22,24). The number of pyridine rings is 1. The molecule has 2 rings (SSSR count). The van der Waals surface area contributed by atoms with Crippen LogP contribution >= 0.6 is 11.6 Å². The lowest BCUT2D eigenvalue weighted by atomic mass is 10.2. The van der Waals surface area contributed by atoms with Crippen LogP contribution in [-0.2, 0) is 6.54 Å². The number of hydrogen-bond acceptors (Lipinski definition) is 3. The maximum atomic E-state index is 12.4. The van der Waals surface area contributed by atoms with Gasteiger partial charge in [-0.05, 0) is 30.2 Å². The molecule has 5 nitrogen and oxygen atoms in total. The molecule has 0 radical (unpaired) electrons. The first-order valence-electron chi connectivity index (χ1n) is 8.26. The van der Waals surface area contributed by atoms with Crippen molar-refractivity contribution in [2.24, 2.45) is 0 Å². The van der Waals surface area contributed by atoms with E-state index in [1.54, 1.807) is 24.1 Å². The van der Waals surface area contributed by atoms with Crippen LogP contribution in [0.1, 0.15) is 46.2 Å². The topological polar surface area (TPSA) is 62.3 Å². The van der Waals surface area contributed by atoms with Crippen LogP contribution in [0, 0.1) is 0 Å². The Labute approximate surface area is 153 Å². The highest BCUT2D eigenvalue weighted by Gasteiger charge is 2.15. The number of halogens is 1. The summed E-state index contributed by atoms with van der Waals surface area (Å²) in [7, 11) is 1.76. The number of aromatic nitrogens is 1. The Hall–Kier alpha value is -2.40. The van der Waals surface area contributed by atoms with Gasteiger partial charge in [0.05, 0.1) is 0 Å². The molecule has 0 aliphatic heterocycles. The molecule has 132 valence electrons. The zero-order valence-electron chi connectivity index (χ0n) is 14.5. The van der Waals surface area contributed by atoms with E-state index in [-0.39, 0.29) is 17.5 Å². The predicted octanol–water partition coefficient (Wildman–Crippen LogP) is 3.54. The SMILES string of the molecule is CCCCN(C)C(=O)c1ccnc(C(=O)NCc2ccccc2Cl)c1. The van der Waals surface area contributed by atoms with Crippen molar-refractivity contribution in [1.82, 2.24) is 15.2 Å². The number of amides is 2. The first-order valence-corrected chi connectivity index (χ1v) is 8.63. The minimum absolute atomic E-state index is 0.115. The van der Waals surface area contributed by atoms with Crippen molar-refractivity contribution < 1.29 is 9.59 Å². The summed E-state index contributed by atoms with van der Waals surface area (Å²) >= 11 is 6.08. The van der Waals surface area contributed by atoms with Crippen molar-refractivity contribution in [3.8, 4) is 0 Å². The van der Waals surface area contributed by atoms with E-state index in [0.717, 1.165) is 18.4 Å². The van der Waals surface area contributed by atoms with E-state index >= 15 is 0 Å². The normalized spacial score (nSPS) is 10.4. The van der Waals surface area contributed by atoms with Gasteiger partial charge in [0.15, 0.2) is 0 Å². The minimum Gasteiger partial charge on any atom is -0.347 e. The number of nitrogens with one attached hydrogen (secondary N) is 1. The molecular formula is C19H22ClN3O2. The maximum absolute atomic E-state index is 12.4. The molecule has 2 aromatic rings. The molecule has 6 heteroatoms. The second kappa shape index (κ2) is 9.18. The summed E-state index contributed by atoms with van der Waals surface area (Å²) in [6, 6.07) is 10.4. The highest BCUT2D eigenvalue weighted by atomic mass is 35.5. The van der Waals surface area contributed by atoms with Gasteiger partial charge in [-0.25, -0.2) is 0 Å². The molecule has 1 aromatic heterocycles. The van der Waals surface area contributed by atoms with Crippen LogP contribution < -0.4 is 5.32 Å². The van der Waals surface area contributed by atoms with Gasteiger partial charge in [-0.1, -0.05) is 43.1 Å². The monoisotopic (exact) mass is 359 g/mol. The van der Waals surface area contributed by atoms with E-state index in [9.17, 15) is 9.59 Å². The molecule has 0 fully saturated rings. The van der Waals surface area contributed by atoms with E-state index in [1.807, 2.05) is 18.2 Å². The molecule has 1 heterocycles. The Bertz CT molecular complexity index is 749. The number of rotatable bonds is 7. The van der Waals surface area contributed by atoms with Crippen LogP contribution in [0.25, 0.3) is 0 Å². The Morgan fingerprint density at radius 3 is 2.72 bits per heavy atom. The van der Waals surface area contributed by atoms with Crippen molar-refractivity contribution in [2.75, 3.05) is 13.6 Å². The van der Waals surface area contributed by atoms with Crippen molar-refractivity contribution in [2.45, 2.75) is 26.3 Å². The first-order chi connectivity index (χ1) is 12.0. The van der Waals surface area contributed by atoms with E-state index in [2.05, 4.69) is 17.2 Å². The average molecular weight is 360 g/mol. The third-order valence-electron chi connectivity index (χ3n) is 3.83. The van der Waals surface area contributed by atoms with Crippen LogP contribution in [0.5, 0.6) is 0 Å². The Morgan fingerprint density at radius 1 is 1.24 bits per heavy atom. The molecule has 2 amide bonds. The summed E-state index contributed by atoms with van der Waals surface area (Å²) < 4.78 is 0. The smallest absolute Gasteiger partial charge is 0.270 e. The number of nitrogens with zero attached hydrogens (tertiary/aromatic N) is 2. The molecule has 0 saturated heterocycles. The largest absolute Gasteiger partial charge is 0.347 e. The molecule has 0 aliphatic carbocycles. The lowest BCUT2D eigenvalue weighted by molar-refractivity contribution is 0.0793. The fourth-order valence-corrected chi connectivity index (χ4v) is 2.52. The number of hydrogen-bond donors (Lipinski definition) is 1. The third kappa shape index (κ3) is 5.29. The zero-order valence-corrected chi connectivity index (χ0v) is 15.2. The number of benzene rings is 1. The fraction of sp³-hybridized carbons (Fsp3) is 0.316. The first kappa shape index (κ1) is 18.9. The van der Waals surface area contributed by atoms with Gasteiger partial charge in [-0.3, -0.25) is 14.6 Å². The van der Waals surface area contributed by atoms with E-state index in [1.165, 1.54) is 12.3 Å². The summed E-state index contributed by atoms with van der Waals surface area (Å²) in [5, 5.41) is 3.37. The van der Waals surface area contributed by atoms with Gasteiger partial charge in [0.1, 0.15) is 5.69 Å². The molecule has 0 spiro atoms. The van der Waals surface area contributed by atoms with Crippen LogP contribution in [0.15, 0.2) is 42.6 Å². The Kier molecular flexibility index (Phi) is 6.95. The zero-order chi connectivity index (χ0) is 18.2. The molecule has 0 bridgehead atoms. The van der Waals surface area contributed by atoms with Gasteiger partial charge in [0.25, 0.3) is 11.8 Å². The summed E-state index contributed by atoms with van der Waals surface area (Å²) in [5.74, 6) is -0.457. The van der Waals surface area contributed by atoms with Crippen molar-refractivity contribution >= 4 is 23.4 Å². The molecule has 0 unspecified atom stereocenters. The van der Waals surface area contributed by atoms with Crippen LogP contribution in [0.2, 0.25) is 5.02 Å². The van der Waals surface area contributed by atoms with E-state index < -0.39 is 0 Å². The molecule has 0 atom stereocenters. The Morgan fingerprint density at radius 2 is 2.00 bits per heavy atom. The lowest BCUT2D eigenvalue weighted by Gasteiger charge is -2.17. The summed E-state index contributed by atoms with van der Waals surface area (Å²) in [6.07, 6.45) is 3.44. The second-order valence-corrected chi connectivity index (χ2v) is 6.19. The molecule has 0 aliphatic rings. The van der Waals surface area contributed by atoms with Gasteiger partial charge in [-0.15, -0.1) is 0 Å². The lowest BCUT2D eigenvalue weighted by Crippen LogP contribution is -2.29. The van der Waals surface area contributed by atoms with Crippen LogP contribution in [-0.4, -0.2) is 35.3 Å². The predicted molar refractivity (Wildman–Crippen MR) is 98.7 cm³/mol. The molecule has 0 saturated carbocycles. The minimum atomic E-state index is -0.342. The van der Waals surface area contributed by atoms with Crippen molar-refractivity contribution in [3.05, 3.63) is 64.4 Å². The highest BCUT2D eigenvalue weighted by Crippen LogP contribution is 2.14. The van der Waals surface area contributed by atoms with E-state index in [0.29, 0.717) is 23.7 Å². The maximum Gasteiger partial charge on any atom is 0.270 e. The van der Waals surface area contributed by atoms with Gasteiger partial charge in [0, 0.05) is 36.9 Å². The van der Waals surface area contributed by atoms with Gasteiger partial charge < -0.3 is 10.2 Å². The molecule has 25 heavy (non-hydrogen) atoms. The van der Waals surface area contributed by atoms with Crippen LogP contribution in [0.4, 0.5) is 0 Å². The van der Waals surface area contributed by atoms with Gasteiger partial charge in [0.2, 0.25) is 0 Å². The van der Waals surface area contributed by atoms with Crippen LogP contribution in [0.3, 0.4) is 0 Å². The van der Waals surface area contributed by atoms with Gasteiger partial charge >= 0.3 is 0 Å². The summed E-state index contributed by atoms with van der Waals surface area (Å²) in [5.41, 5.74) is 1.49. The summed E-state index contributed by atoms with van der Waals surface area (Å²) in [4.78, 5) is 30.4. The Balaban J connectivity index is 2.03. The quantitative estimate of drug-likeness (QED) is 0.822. The second-order valence-electron chi connectivity index (χ2n) is 5.78. The number of carbonyl (C=O) groups excluding carboxylic acids is 2. The highest BCUT2D eigenvalue weighted by molar-refractivity contribution is 6.31. The third-order valence-corrected chi connectivity index (χ3v) is 4.20.